The van der Waals surface area contributed by atoms with Gasteiger partial charge in [-0.3, -0.25) is 14.2 Å². The van der Waals surface area contributed by atoms with Crippen LogP contribution in [-0.4, -0.2) is 20.7 Å². The zero-order chi connectivity index (χ0) is 18.0. The second-order valence-corrected chi connectivity index (χ2v) is 7.92. The number of nitrogens with one attached hydrogen (secondary N) is 1. The first-order chi connectivity index (χ1) is 12.0. The minimum absolute atomic E-state index is 0.0785. The molecule has 0 aliphatic heterocycles. The molecule has 5 nitrogen and oxygen atoms in total. The number of aryl methyl sites for hydroxylation is 1. The number of aromatic nitrogens is 2. The van der Waals surface area contributed by atoms with Crippen molar-refractivity contribution in [3.8, 4) is 0 Å². The van der Waals surface area contributed by atoms with Gasteiger partial charge in [0.05, 0.1) is 10.8 Å². The van der Waals surface area contributed by atoms with Crippen molar-refractivity contribution in [3.05, 3.63) is 51.6 Å². The molecule has 0 fully saturated rings. The van der Waals surface area contributed by atoms with Crippen LogP contribution in [0.1, 0.15) is 19.4 Å². The SMILES string of the molecule is CCc1ccc(NC(=O)C(C)Sc2nc3ccsc3c(=O)n2C)cc1. The lowest BCUT2D eigenvalue weighted by molar-refractivity contribution is -0.115. The Morgan fingerprint density at radius 1 is 1.32 bits per heavy atom. The number of carbonyl (C=O) groups excluding carboxylic acids is 1. The Kier molecular flexibility index (Phi) is 5.24. The van der Waals surface area contributed by atoms with Crippen LogP contribution in [0, 0.1) is 0 Å². The lowest BCUT2D eigenvalue weighted by Crippen LogP contribution is -2.25. The molecule has 0 radical (unpaired) electrons. The molecule has 0 spiro atoms. The third-order valence-corrected chi connectivity index (χ3v) is 5.96. The second-order valence-electron chi connectivity index (χ2n) is 5.69. The first kappa shape index (κ1) is 17.7. The minimum Gasteiger partial charge on any atom is -0.325 e. The van der Waals surface area contributed by atoms with Gasteiger partial charge in [0.2, 0.25) is 5.91 Å². The zero-order valence-corrected chi connectivity index (χ0v) is 15.9. The highest BCUT2D eigenvalue weighted by Gasteiger charge is 2.18. The summed E-state index contributed by atoms with van der Waals surface area (Å²) in [5, 5.41) is 4.92. The number of carbonyl (C=O) groups is 1. The average Bonchev–Trinajstić information content (AvgIpc) is 3.08. The van der Waals surface area contributed by atoms with Crippen LogP contribution in [0.2, 0.25) is 0 Å². The quantitative estimate of drug-likeness (QED) is 0.547. The van der Waals surface area contributed by atoms with E-state index in [1.165, 1.54) is 33.2 Å². The van der Waals surface area contributed by atoms with Gasteiger partial charge in [-0.05, 0) is 42.5 Å². The lowest BCUT2D eigenvalue weighted by Gasteiger charge is -2.13. The molecule has 2 heterocycles. The summed E-state index contributed by atoms with van der Waals surface area (Å²) in [7, 11) is 1.69. The first-order valence-corrected chi connectivity index (χ1v) is 9.76. The highest BCUT2D eigenvalue weighted by atomic mass is 32.2. The van der Waals surface area contributed by atoms with Crippen LogP contribution in [0.4, 0.5) is 5.69 Å². The zero-order valence-electron chi connectivity index (χ0n) is 14.3. The molecule has 0 aliphatic rings. The Balaban J connectivity index is 1.74. The molecule has 7 heteroatoms. The van der Waals surface area contributed by atoms with Gasteiger partial charge >= 0.3 is 0 Å². The summed E-state index contributed by atoms with van der Waals surface area (Å²) >= 11 is 2.66. The van der Waals surface area contributed by atoms with E-state index in [9.17, 15) is 9.59 Å². The Morgan fingerprint density at radius 3 is 2.72 bits per heavy atom. The number of amides is 1. The smallest absolute Gasteiger partial charge is 0.271 e. The van der Waals surface area contributed by atoms with Crippen molar-refractivity contribution in [1.29, 1.82) is 0 Å². The molecule has 1 unspecified atom stereocenters. The Hall–Kier alpha value is -2.12. The number of thiophene rings is 1. The summed E-state index contributed by atoms with van der Waals surface area (Å²) in [6, 6.07) is 9.64. The number of hydrogen-bond donors (Lipinski definition) is 1. The molecule has 3 rings (SSSR count). The number of hydrogen-bond acceptors (Lipinski definition) is 5. The molecular weight excluding hydrogens is 354 g/mol. The Bertz CT molecular complexity index is 961. The van der Waals surface area contributed by atoms with Gasteiger partial charge in [-0.2, -0.15) is 0 Å². The van der Waals surface area contributed by atoms with E-state index in [4.69, 9.17) is 0 Å². The number of fused-ring (bicyclic) bond motifs is 1. The molecule has 1 N–H and O–H groups in total. The van der Waals surface area contributed by atoms with Crippen LogP contribution >= 0.6 is 23.1 Å². The predicted octanol–water partition coefficient (Wildman–Crippen LogP) is 3.68. The van der Waals surface area contributed by atoms with Crippen molar-refractivity contribution in [3.63, 3.8) is 0 Å². The van der Waals surface area contributed by atoms with Crippen molar-refractivity contribution in [2.45, 2.75) is 30.7 Å². The Labute approximate surface area is 154 Å². The van der Waals surface area contributed by atoms with Crippen LogP contribution in [0.15, 0.2) is 45.7 Å². The summed E-state index contributed by atoms with van der Waals surface area (Å²) in [5.74, 6) is -0.117. The topological polar surface area (TPSA) is 64.0 Å². The molecule has 0 bridgehead atoms. The minimum atomic E-state index is -0.375. The molecule has 25 heavy (non-hydrogen) atoms. The third kappa shape index (κ3) is 3.77. The largest absolute Gasteiger partial charge is 0.325 e. The normalized spacial score (nSPS) is 12.3. The highest BCUT2D eigenvalue weighted by molar-refractivity contribution is 8.00. The van der Waals surface area contributed by atoms with Gasteiger partial charge in [-0.15, -0.1) is 11.3 Å². The fourth-order valence-corrected chi connectivity index (χ4v) is 4.03. The van der Waals surface area contributed by atoms with E-state index >= 15 is 0 Å². The summed E-state index contributed by atoms with van der Waals surface area (Å²) < 4.78 is 2.14. The molecule has 3 aromatic rings. The van der Waals surface area contributed by atoms with Crippen LogP contribution in [-0.2, 0) is 18.3 Å². The van der Waals surface area contributed by atoms with Gasteiger partial charge < -0.3 is 5.32 Å². The van der Waals surface area contributed by atoms with Crippen LogP contribution < -0.4 is 10.9 Å². The van der Waals surface area contributed by atoms with Crippen molar-refractivity contribution >= 4 is 44.9 Å². The van der Waals surface area contributed by atoms with E-state index in [0.717, 1.165) is 12.1 Å². The average molecular weight is 374 g/mol. The van der Waals surface area contributed by atoms with Crippen molar-refractivity contribution < 1.29 is 4.79 Å². The maximum absolute atomic E-state index is 12.4. The monoisotopic (exact) mass is 373 g/mol. The van der Waals surface area contributed by atoms with Crippen LogP contribution in [0.3, 0.4) is 0 Å². The number of thioether (sulfide) groups is 1. The van der Waals surface area contributed by atoms with Gasteiger partial charge in [-0.25, -0.2) is 4.98 Å². The van der Waals surface area contributed by atoms with Gasteiger partial charge in [0.15, 0.2) is 5.16 Å². The molecular formula is C18H19N3O2S2. The molecule has 0 saturated heterocycles. The van der Waals surface area contributed by atoms with Gasteiger partial charge in [0.25, 0.3) is 5.56 Å². The maximum Gasteiger partial charge on any atom is 0.271 e. The van der Waals surface area contributed by atoms with Crippen LogP contribution in [0.5, 0.6) is 0 Å². The van der Waals surface area contributed by atoms with E-state index in [-0.39, 0.29) is 16.7 Å². The molecule has 1 atom stereocenters. The Morgan fingerprint density at radius 2 is 2.04 bits per heavy atom. The fourth-order valence-electron chi connectivity index (χ4n) is 2.35. The van der Waals surface area contributed by atoms with Crippen molar-refractivity contribution in [2.75, 3.05) is 5.32 Å². The van der Waals surface area contributed by atoms with E-state index in [1.807, 2.05) is 42.6 Å². The van der Waals surface area contributed by atoms with E-state index in [2.05, 4.69) is 17.2 Å². The molecule has 130 valence electrons. The summed E-state index contributed by atoms with van der Waals surface area (Å²) in [4.78, 5) is 29.3. The highest BCUT2D eigenvalue weighted by Crippen LogP contribution is 2.24. The summed E-state index contributed by atoms with van der Waals surface area (Å²) in [6.45, 7) is 3.90. The van der Waals surface area contributed by atoms with Gasteiger partial charge in [0, 0.05) is 12.7 Å². The van der Waals surface area contributed by atoms with Gasteiger partial charge in [0.1, 0.15) is 4.70 Å². The molecule has 1 amide bonds. The summed E-state index contributed by atoms with van der Waals surface area (Å²) in [5.41, 5.74) is 2.59. The second kappa shape index (κ2) is 7.41. The van der Waals surface area contributed by atoms with Crippen LogP contribution in [0.25, 0.3) is 10.2 Å². The first-order valence-electron chi connectivity index (χ1n) is 8.00. The van der Waals surface area contributed by atoms with Gasteiger partial charge in [-0.1, -0.05) is 30.8 Å². The number of nitrogens with zero attached hydrogens (tertiary/aromatic N) is 2. The van der Waals surface area contributed by atoms with Crippen molar-refractivity contribution in [2.24, 2.45) is 7.05 Å². The predicted molar refractivity (Wildman–Crippen MR) is 105 cm³/mol. The maximum atomic E-state index is 12.4. The molecule has 2 aromatic heterocycles. The third-order valence-electron chi connectivity index (χ3n) is 3.93. The molecule has 0 saturated carbocycles. The van der Waals surface area contributed by atoms with E-state index < -0.39 is 0 Å². The summed E-state index contributed by atoms with van der Waals surface area (Å²) in [6.07, 6.45) is 0.964. The van der Waals surface area contributed by atoms with E-state index in [1.54, 1.807) is 7.05 Å². The number of benzene rings is 1. The standard InChI is InChI=1S/C18H19N3O2S2/c1-4-12-5-7-13(8-6-12)19-16(22)11(2)25-18-20-14-9-10-24-15(14)17(23)21(18)3/h5-11H,4H2,1-3H3,(H,19,22). The lowest BCUT2D eigenvalue weighted by atomic mass is 10.1. The number of rotatable bonds is 5. The molecule has 0 aliphatic carbocycles. The molecule has 1 aromatic carbocycles. The fraction of sp³-hybridized carbons (Fsp3) is 0.278. The van der Waals surface area contributed by atoms with Crippen molar-refractivity contribution in [1.82, 2.24) is 9.55 Å². The number of anilines is 1. The van der Waals surface area contributed by atoms with E-state index in [0.29, 0.717) is 15.4 Å².